The largest absolute Gasteiger partial charge is 0.596 e. The van der Waals surface area contributed by atoms with Crippen LogP contribution in [0.15, 0.2) is 0 Å². The molecule has 0 aromatic carbocycles. The third-order valence-corrected chi connectivity index (χ3v) is 1.74. The molecule has 0 aliphatic carbocycles. The van der Waals surface area contributed by atoms with E-state index in [-0.39, 0.29) is 13.2 Å². The average Bonchev–Trinajstić information content (AvgIpc) is 2.20. The molecule has 6 heteroatoms. The highest BCUT2D eigenvalue weighted by molar-refractivity contribution is 5.69. The van der Waals surface area contributed by atoms with E-state index in [0.717, 1.165) is 12.8 Å². The molecule has 0 fully saturated rings. The molecule has 1 amide bonds. The second-order valence-electron chi connectivity index (χ2n) is 3.07. The highest BCUT2D eigenvalue weighted by Gasteiger charge is 2.13. The number of nitrogens with zero attached hydrogens (tertiary/aromatic N) is 1. The van der Waals surface area contributed by atoms with Crippen LogP contribution in [-0.4, -0.2) is 41.7 Å². The molecule has 0 aromatic rings. The molecule has 0 bridgehead atoms. The second-order valence-corrected chi connectivity index (χ2v) is 3.07. The molecule has 6 nitrogen and oxygen atoms in total. The van der Waals surface area contributed by atoms with E-state index in [1.165, 1.54) is 0 Å². The Bertz CT molecular complexity index is 240. The summed E-state index contributed by atoms with van der Waals surface area (Å²) in [7, 11) is 0. The Hall–Kier alpha value is -1.43. The number of hydrogen-bond donors (Lipinski definition) is 2. The van der Waals surface area contributed by atoms with Crippen molar-refractivity contribution < 1.29 is 24.0 Å². The molecule has 0 atom stereocenters. The van der Waals surface area contributed by atoms with Crippen molar-refractivity contribution in [2.24, 2.45) is 5.73 Å². The molecule has 0 unspecified atom stereocenters. The Morgan fingerprint density at radius 1 is 1.33 bits per heavy atom. The Morgan fingerprint density at radius 2 is 2.00 bits per heavy atom. The van der Waals surface area contributed by atoms with Gasteiger partial charge in [-0.05, 0) is 19.4 Å². The van der Waals surface area contributed by atoms with Crippen LogP contribution in [0.4, 0.5) is 4.79 Å². The molecule has 0 heterocycles. The van der Waals surface area contributed by atoms with Crippen molar-refractivity contribution in [3.63, 3.8) is 0 Å². The fourth-order valence-corrected chi connectivity index (χ4v) is 0.868. The summed E-state index contributed by atoms with van der Waals surface area (Å²) in [6, 6.07) is 0. The minimum atomic E-state index is -1.23. The Morgan fingerprint density at radius 3 is 2.53 bits per heavy atom. The third kappa shape index (κ3) is 7.63. The van der Waals surface area contributed by atoms with Crippen LogP contribution in [0.2, 0.25) is 0 Å². The zero-order valence-corrected chi connectivity index (χ0v) is 8.65. The zero-order chi connectivity index (χ0) is 11.7. The van der Waals surface area contributed by atoms with Crippen LogP contribution in [0.3, 0.4) is 0 Å². The van der Waals surface area contributed by atoms with Gasteiger partial charge in [-0.15, -0.1) is 0 Å². The van der Waals surface area contributed by atoms with Gasteiger partial charge in [0, 0.05) is 6.42 Å². The van der Waals surface area contributed by atoms with E-state index in [0.29, 0.717) is 17.5 Å². The summed E-state index contributed by atoms with van der Waals surface area (Å²) in [6.45, 7) is 3.44. The van der Waals surface area contributed by atoms with Gasteiger partial charge in [0.2, 0.25) is 0 Å². The average molecular weight is 217 g/mol. The number of carbonyl (C=O) groups excluding carboxylic acids is 1. The van der Waals surface area contributed by atoms with Crippen LogP contribution in [0.1, 0.15) is 25.7 Å². The predicted molar refractivity (Wildman–Crippen MR) is 53.9 cm³/mol. The van der Waals surface area contributed by atoms with Gasteiger partial charge in [-0.1, -0.05) is 11.0 Å². The molecule has 86 valence electrons. The van der Waals surface area contributed by atoms with Gasteiger partial charge in [-0.2, -0.15) is 4.79 Å². The van der Waals surface area contributed by atoms with Crippen molar-refractivity contribution in [2.75, 3.05) is 13.3 Å². The Kier molecular flexibility index (Phi) is 7.17. The predicted octanol–water partition coefficient (Wildman–Crippen LogP) is 0.397. The molecular formula is C9H17N2O4+. The van der Waals surface area contributed by atoms with E-state index in [1.54, 1.807) is 0 Å². The van der Waals surface area contributed by atoms with E-state index in [1.807, 2.05) is 0 Å². The number of hydrogen-bond acceptors (Lipinski definition) is 4. The number of esters is 1. The van der Waals surface area contributed by atoms with Gasteiger partial charge in [0.25, 0.3) is 0 Å². The monoisotopic (exact) mass is 217 g/mol. The fraction of sp³-hybridized carbons (Fsp3) is 0.667. The summed E-state index contributed by atoms with van der Waals surface area (Å²) in [5.41, 5.74) is 5.28. The topological polar surface area (TPSA) is 92.6 Å². The summed E-state index contributed by atoms with van der Waals surface area (Å²) in [4.78, 5) is 21.3. The van der Waals surface area contributed by atoms with Crippen LogP contribution in [0, 0.1) is 0 Å². The minimum absolute atomic E-state index is 0.285. The number of carboxylic acid groups (broad SMARTS) is 1. The maximum Gasteiger partial charge on any atom is 0.596 e. The summed E-state index contributed by atoms with van der Waals surface area (Å²) < 4.78 is 5.31. The maximum absolute atomic E-state index is 11.0. The van der Waals surface area contributed by atoms with Crippen molar-refractivity contribution in [3.05, 3.63) is 0 Å². The van der Waals surface area contributed by atoms with Crippen molar-refractivity contribution in [1.29, 1.82) is 0 Å². The molecule has 3 N–H and O–H groups in total. The Balaban J connectivity index is 3.49. The van der Waals surface area contributed by atoms with Gasteiger partial charge >= 0.3 is 18.8 Å². The van der Waals surface area contributed by atoms with Crippen LogP contribution < -0.4 is 5.73 Å². The minimum Gasteiger partial charge on any atom is -0.427 e. The summed E-state index contributed by atoms with van der Waals surface area (Å²) in [5.74, 6) is -0.415. The first kappa shape index (κ1) is 13.6. The quantitative estimate of drug-likeness (QED) is 0.212. The lowest BCUT2D eigenvalue weighted by Crippen LogP contribution is -2.22. The van der Waals surface area contributed by atoms with E-state index >= 15 is 0 Å². The van der Waals surface area contributed by atoms with Crippen LogP contribution in [0.5, 0.6) is 0 Å². The highest BCUT2D eigenvalue weighted by atomic mass is 16.5. The zero-order valence-electron chi connectivity index (χ0n) is 8.65. The molecule has 0 spiro atoms. The van der Waals surface area contributed by atoms with Gasteiger partial charge in [0.05, 0.1) is 0 Å². The van der Waals surface area contributed by atoms with Crippen LogP contribution in [0.25, 0.3) is 0 Å². The van der Waals surface area contributed by atoms with Crippen molar-refractivity contribution in [2.45, 2.75) is 25.7 Å². The lowest BCUT2D eigenvalue weighted by molar-refractivity contribution is -0.476. The molecule has 0 aromatic heterocycles. The standard InChI is InChI=1S/C9H16N2O4/c1-11(9(13)14)7-15-8(12)5-3-2-4-6-10/h1-7,10H2/p+1. The highest BCUT2D eigenvalue weighted by Crippen LogP contribution is 2.00. The second kappa shape index (κ2) is 7.93. The Labute approximate surface area is 88.3 Å². The van der Waals surface area contributed by atoms with Gasteiger partial charge < -0.3 is 15.6 Å². The number of rotatable bonds is 7. The first-order valence-corrected chi connectivity index (χ1v) is 4.74. The van der Waals surface area contributed by atoms with Crippen molar-refractivity contribution in [1.82, 2.24) is 0 Å². The van der Waals surface area contributed by atoms with Crippen LogP contribution >= 0.6 is 0 Å². The molecule has 0 aliphatic heterocycles. The van der Waals surface area contributed by atoms with Gasteiger partial charge in [0.15, 0.2) is 0 Å². The number of carbonyl (C=O) groups is 2. The molecule has 15 heavy (non-hydrogen) atoms. The normalized spacial score (nSPS) is 9.67. The molecule has 0 rings (SSSR count). The lowest BCUT2D eigenvalue weighted by atomic mass is 10.2. The van der Waals surface area contributed by atoms with Gasteiger partial charge in [-0.25, -0.2) is 0 Å². The molecule has 0 saturated carbocycles. The lowest BCUT2D eigenvalue weighted by Gasteiger charge is -2.00. The third-order valence-electron chi connectivity index (χ3n) is 1.74. The van der Waals surface area contributed by atoms with Gasteiger partial charge in [-0.3, -0.25) is 4.79 Å². The number of unbranched alkanes of at least 4 members (excludes halogenated alkanes) is 2. The van der Waals surface area contributed by atoms with E-state index in [4.69, 9.17) is 10.8 Å². The number of ether oxygens (including phenoxy) is 1. The van der Waals surface area contributed by atoms with Crippen LogP contribution in [-0.2, 0) is 9.53 Å². The molecular weight excluding hydrogens is 200 g/mol. The van der Waals surface area contributed by atoms with Gasteiger partial charge in [0.1, 0.15) is 6.72 Å². The SMILES string of the molecule is C=[N+](COC(=O)CCCCCN)C(=O)O. The van der Waals surface area contributed by atoms with Crippen molar-refractivity contribution >= 4 is 18.8 Å². The molecule has 0 aliphatic rings. The fourth-order valence-electron chi connectivity index (χ4n) is 0.868. The smallest absolute Gasteiger partial charge is 0.427 e. The summed E-state index contributed by atoms with van der Waals surface area (Å²) >= 11 is 0. The van der Waals surface area contributed by atoms with E-state index < -0.39 is 12.1 Å². The summed E-state index contributed by atoms with van der Waals surface area (Å²) in [5, 5.41) is 8.40. The first-order valence-electron chi connectivity index (χ1n) is 4.74. The number of amides is 1. The van der Waals surface area contributed by atoms with Crippen molar-refractivity contribution in [3.8, 4) is 0 Å². The molecule has 0 saturated heterocycles. The summed E-state index contributed by atoms with van der Waals surface area (Å²) in [6.07, 6.45) is 1.52. The maximum atomic E-state index is 11.0. The first-order chi connectivity index (χ1) is 7.07. The number of nitrogens with two attached hydrogens (primary N) is 1. The molecule has 0 radical (unpaired) electrons. The van der Waals surface area contributed by atoms with E-state index in [2.05, 4.69) is 11.5 Å². The van der Waals surface area contributed by atoms with E-state index in [9.17, 15) is 9.59 Å².